The van der Waals surface area contributed by atoms with Crippen LogP contribution in [0.15, 0.2) is 30.6 Å². The number of halogens is 2. The van der Waals surface area contributed by atoms with E-state index in [9.17, 15) is 18.8 Å². The maximum absolute atomic E-state index is 13.3. The van der Waals surface area contributed by atoms with Gasteiger partial charge in [-0.05, 0) is 17.9 Å². The van der Waals surface area contributed by atoms with Crippen molar-refractivity contribution in [1.29, 1.82) is 5.26 Å². The van der Waals surface area contributed by atoms with E-state index in [4.69, 9.17) is 6.42 Å². The van der Waals surface area contributed by atoms with Gasteiger partial charge < -0.3 is 10.6 Å². The Morgan fingerprint density at radius 2 is 2.18 bits per heavy atom. The van der Waals surface area contributed by atoms with Gasteiger partial charge in [0.05, 0.1) is 12.1 Å². The molecule has 1 aromatic carbocycles. The number of hydrogen-bond acceptors (Lipinski definition) is 4. The molecule has 0 bridgehead atoms. The number of alkyl halides is 2. The molecular weight excluding hydrogens is 362 g/mol. The molecule has 2 N–H and O–H groups in total. The molecule has 2 unspecified atom stereocenters. The molecule has 2 atom stereocenters. The van der Waals surface area contributed by atoms with Gasteiger partial charge in [0.15, 0.2) is 0 Å². The lowest BCUT2D eigenvalue weighted by molar-refractivity contribution is -0.154. The number of nitrogens with zero attached hydrogens (tertiary/aromatic N) is 2. The number of amides is 1. The van der Waals surface area contributed by atoms with Crippen LogP contribution in [0.1, 0.15) is 36.4 Å². The van der Waals surface area contributed by atoms with E-state index in [1.54, 1.807) is 18.3 Å². The molecule has 2 heterocycles. The van der Waals surface area contributed by atoms with E-state index >= 15 is 0 Å². The highest BCUT2D eigenvalue weighted by Crippen LogP contribution is 2.56. The number of rotatable bonds is 3. The normalized spacial score (nSPS) is 22.8. The summed E-state index contributed by atoms with van der Waals surface area (Å²) in [5, 5.41) is 16.9. The zero-order valence-electron chi connectivity index (χ0n) is 15.0. The molecule has 0 radical (unpaired) electrons. The molecule has 142 valence electrons. The Kier molecular flexibility index (Phi) is 4.28. The lowest BCUT2D eigenvalue weighted by Gasteiger charge is -2.44. The smallest absolute Gasteiger partial charge is 0.249 e. The summed E-state index contributed by atoms with van der Waals surface area (Å²) >= 11 is 0. The van der Waals surface area contributed by atoms with Crippen LogP contribution < -0.4 is 10.6 Å². The van der Waals surface area contributed by atoms with E-state index in [0.29, 0.717) is 29.5 Å². The SMILES string of the molecule is C#Cc1cccc2cncc(C(C#N)NC(=O)C3CC4(CN3)CC(F)(F)C4)c12. The van der Waals surface area contributed by atoms with Gasteiger partial charge in [0.2, 0.25) is 11.8 Å². The highest BCUT2D eigenvalue weighted by atomic mass is 19.3. The number of carbonyl (C=O) groups excluding carboxylic acids is 1. The minimum atomic E-state index is -2.64. The van der Waals surface area contributed by atoms with Gasteiger partial charge in [0.25, 0.3) is 0 Å². The van der Waals surface area contributed by atoms with E-state index in [-0.39, 0.29) is 18.7 Å². The van der Waals surface area contributed by atoms with Crippen molar-refractivity contribution in [3.63, 3.8) is 0 Å². The summed E-state index contributed by atoms with van der Waals surface area (Å²) in [5.74, 6) is -0.419. The topological polar surface area (TPSA) is 77.8 Å². The van der Waals surface area contributed by atoms with Crippen molar-refractivity contribution in [3.8, 4) is 18.4 Å². The van der Waals surface area contributed by atoms with Gasteiger partial charge in [-0.1, -0.05) is 18.1 Å². The van der Waals surface area contributed by atoms with Crippen molar-refractivity contribution >= 4 is 16.7 Å². The monoisotopic (exact) mass is 380 g/mol. The van der Waals surface area contributed by atoms with E-state index in [1.807, 2.05) is 6.07 Å². The van der Waals surface area contributed by atoms with Crippen molar-refractivity contribution in [2.45, 2.75) is 37.3 Å². The van der Waals surface area contributed by atoms with Crippen LogP contribution in [-0.4, -0.2) is 29.4 Å². The highest BCUT2D eigenvalue weighted by Gasteiger charge is 2.59. The number of fused-ring (bicyclic) bond motifs is 1. The minimum Gasteiger partial charge on any atom is -0.335 e. The summed E-state index contributed by atoms with van der Waals surface area (Å²) in [6.45, 7) is 0.384. The van der Waals surface area contributed by atoms with Crippen molar-refractivity contribution in [3.05, 3.63) is 41.7 Å². The van der Waals surface area contributed by atoms with Crippen molar-refractivity contribution in [2.75, 3.05) is 6.54 Å². The van der Waals surface area contributed by atoms with Crippen molar-refractivity contribution in [2.24, 2.45) is 5.41 Å². The van der Waals surface area contributed by atoms with E-state index in [1.165, 1.54) is 6.20 Å². The third kappa shape index (κ3) is 3.08. The Hall–Kier alpha value is -3.03. The van der Waals surface area contributed by atoms with Gasteiger partial charge in [-0.2, -0.15) is 5.26 Å². The molecule has 28 heavy (non-hydrogen) atoms. The first-order chi connectivity index (χ1) is 13.4. The van der Waals surface area contributed by atoms with Crippen LogP contribution in [0.4, 0.5) is 8.78 Å². The largest absolute Gasteiger partial charge is 0.335 e. The Morgan fingerprint density at radius 1 is 1.39 bits per heavy atom. The standard InChI is InChI=1S/C21H18F2N4O/c1-2-13-4-3-5-14-8-25-9-15(18(13)14)17(7-24)27-19(28)16-6-20(12-26-16)10-21(22,23)11-20/h1,3-5,8-9,16-17,26H,6,10-12H2,(H,27,28). The third-order valence-corrected chi connectivity index (χ3v) is 5.64. The molecule has 1 aliphatic carbocycles. The fourth-order valence-electron chi connectivity index (χ4n) is 4.44. The molecule has 5 nitrogen and oxygen atoms in total. The first-order valence-corrected chi connectivity index (χ1v) is 9.01. The Bertz CT molecular complexity index is 1020. The number of benzene rings is 1. The van der Waals surface area contributed by atoms with Gasteiger partial charge in [-0.15, -0.1) is 6.42 Å². The fraction of sp³-hybridized carbons (Fsp3) is 0.381. The second-order valence-corrected chi connectivity index (χ2v) is 7.69. The summed E-state index contributed by atoms with van der Waals surface area (Å²) < 4.78 is 26.5. The molecule has 1 aliphatic heterocycles. The number of pyridine rings is 1. The molecule has 2 fully saturated rings. The highest BCUT2D eigenvalue weighted by molar-refractivity contribution is 5.92. The van der Waals surface area contributed by atoms with Crippen LogP contribution in [-0.2, 0) is 4.79 Å². The van der Waals surface area contributed by atoms with Gasteiger partial charge in [-0.25, -0.2) is 8.78 Å². The molecule has 1 amide bonds. The maximum atomic E-state index is 13.3. The Morgan fingerprint density at radius 3 is 2.86 bits per heavy atom. The predicted octanol–water partition coefficient (Wildman–Crippen LogP) is 2.67. The Balaban J connectivity index is 1.55. The molecular formula is C21H18F2N4O. The van der Waals surface area contributed by atoms with Crippen LogP contribution in [0.2, 0.25) is 0 Å². The number of terminal acetylenes is 1. The molecule has 2 aromatic rings. The number of aromatic nitrogens is 1. The summed E-state index contributed by atoms with van der Waals surface area (Å²) in [7, 11) is 0. The maximum Gasteiger partial charge on any atom is 0.249 e. The average Bonchev–Trinajstić information content (AvgIpc) is 3.08. The summed E-state index contributed by atoms with van der Waals surface area (Å²) in [5.41, 5.74) is 0.606. The summed E-state index contributed by atoms with van der Waals surface area (Å²) in [6, 6.07) is 5.95. The van der Waals surface area contributed by atoms with Crippen LogP contribution in [0, 0.1) is 29.1 Å². The number of hydrogen-bond donors (Lipinski definition) is 2. The number of nitrogens with one attached hydrogen (secondary N) is 2. The molecule has 7 heteroatoms. The zero-order valence-corrected chi connectivity index (χ0v) is 15.0. The second-order valence-electron chi connectivity index (χ2n) is 7.69. The molecule has 2 aliphatic rings. The summed E-state index contributed by atoms with van der Waals surface area (Å²) in [6.07, 6.45) is 8.71. The molecule has 1 saturated heterocycles. The van der Waals surface area contributed by atoms with Gasteiger partial charge in [0, 0.05) is 53.7 Å². The molecule has 1 spiro atoms. The van der Waals surface area contributed by atoms with Crippen LogP contribution in [0.5, 0.6) is 0 Å². The Labute approximate surface area is 161 Å². The van der Waals surface area contributed by atoms with Crippen molar-refractivity contribution < 1.29 is 13.6 Å². The predicted molar refractivity (Wildman–Crippen MR) is 99.2 cm³/mol. The second kappa shape index (κ2) is 6.54. The van der Waals surface area contributed by atoms with Crippen LogP contribution in [0.3, 0.4) is 0 Å². The average molecular weight is 380 g/mol. The molecule has 1 aromatic heterocycles. The number of nitriles is 1. The number of carbonyl (C=O) groups is 1. The lowest BCUT2D eigenvalue weighted by Crippen LogP contribution is -2.47. The molecule has 1 saturated carbocycles. The van der Waals surface area contributed by atoms with Crippen LogP contribution in [0.25, 0.3) is 10.8 Å². The van der Waals surface area contributed by atoms with E-state index in [2.05, 4.69) is 27.6 Å². The first kappa shape index (κ1) is 18.3. The quantitative estimate of drug-likeness (QED) is 0.803. The minimum absolute atomic E-state index is 0.197. The van der Waals surface area contributed by atoms with Gasteiger partial charge >= 0.3 is 0 Å². The molecule has 4 rings (SSSR count). The summed E-state index contributed by atoms with van der Waals surface area (Å²) in [4.78, 5) is 16.8. The van der Waals surface area contributed by atoms with Crippen LogP contribution >= 0.6 is 0 Å². The zero-order chi connectivity index (χ0) is 19.9. The first-order valence-electron chi connectivity index (χ1n) is 9.01. The lowest BCUT2D eigenvalue weighted by atomic mass is 9.65. The van der Waals surface area contributed by atoms with Crippen molar-refractivity contribution in [1.82, 2.24) is 15.6 Å². The van der Waals surface area contributed by atoms with E-state index in [0.717, 1.165) is 5.39 Å². The van der Waals surface area contributed by atoms with E-state index < -0.39 is 23.4 Å². The van der Waals surface area contributed by atoms with Gasteiger partial charge in [0.1, 0.15) is 6.04 Å². The van der Waals surface area contributed by atoms with Gasteiger partial charge in [-0.3, -0.25) is 9.78 Å². The third-order valence-electron chi connectivity index (χ3n) is 5.64. The fourth-order valence-corrected chi connectivity index (χ4v) is 4.44.